The normalized spacial score (nSPS) is 14.9. The Hall–Kier alpha value is -0.770. The van der Waals surface area contributed by atoms with Gasteiger partial charge >= 0.3 is 6.09 Å². The largest absolute Gasteiger partial charge is 0.444 e. The van der Waals surface area contributed by atoms with E-state index in [1.54, 1.807) is 4.90 Å². The number of rotatable bonds is 1. The van der Waals surface area contributed by atoms with Crippen molar-refractivity contribution in [3.63, 3.8) is 0 Å². The van der Waals surface area contributed by atoms with Crippen molar-refractivity contribution in [1.82, 2.24) is 10.2 Å². The van der Waals surface area contributed by atoms with Gasteiger partial charge in [-0.05, 0) is 40.8 Å². The van der Waals surface area contributed by atoms with Crippen molar-refractivity contribution in [1.29, 1.82) is 0 Å². The number of hydrogen-bond acceptors (Lipinski definition) is 3. The van der Waals surface area contributed by atoms with Crippen molar-refractivity contribution < 1.29 is 9.53 Å². The molecule has 1 fully saturated rings. The van der Waals surface area contributed by atoms with Crippen molar-refractivity contribution in [2.75, 3.05) is 26.7 Å². The Morgan fingerprint density at radius 2 is 1.87 bits per heavy atom. The van der Waals surface area contributed by atoms with Crippen molar-refractivity contribution in [2.24, 2.45) is 0 Å². The first-order chi connectivity index (χ1) is 6.90. The molecule has 0 aliphatic carbocycles. The number of carbonyl (C=O) groups is 1. The third kappa shape index (κ3) is 7.19. The van der Waals surface area contributed by atoms with Gasteiger partial charge < -0.3 is 15.0 Å². The van der Waals surface area contributed by atoms with E-state index in [1.807, 2.05) is 27.8 Å². The number of nitrogens with one attached hydrogen (secondary N) is 1. The van der Waals surface area contributed by atoms with Gasteiger partial charge in [0.1, 0.15) is 5.60 Å². The van der Waals surface area contributed by atoms with Gasteiger partial charge in [0.2, 0.25) is 0 Å². The van der Waals surface area contributed by atoms with E-state index in [-0.39, 0.29) is 11.7 Å². The standard InChI is InChI=1S/C8H15NO2.C3H9N/c1-8(2,3)11-7(10)9-5-4-6-9;1-3-4-2/h4-6H2,1-3H3;4H,3H2,1-2H3. The Bertz CT molecular complexity index is 182. The van der Waals surface area contributed by atoms with Crippen LogP contribution >= 0.6 is 0 Å². The van der Waals surface area contributed by atoms with Gasteiger partial charge in [-0.3, -0.25) is 0 Å². The molecule has 0 aromatic carbocycles. The van der Waals surface area contributed by atoms with E-state index in [9.17, 15) is 4.79 Å². The van der Waals surface area contributed by atoms with E-state index in [1.165, 1.54) is 0 Å². The van der Waals surface area contributed by atoms with E-state index in [0.717, 1.165) is 26.1 Å². The second kappa shape index (κ2) is 6.67. The third-order valence-electron chi connectivity index (χ3n) is 1.86. The molecule has 0 spiro atoms. The van der Waals surface area contributed by atoms with Crippen LogP contribution in [0.5, 0.6) is 0 Å². The minimum absolute atomic E-state index is 0.177. The summed E-state index contributed by atoms with van der Waals surface area (Å²) in [6.07, 6.45) is 0.933. The van der Waals surface area contributed by atoms with Crippen molar-refractivity contribution in [2.45, 2.75) is 39.7 Å². The van der Waals surface area contributed by atoms with Gasteiger partial charge in [-0.2, -0.15) is 0 Å². The second-order valence-corrected chi connectivity index (χ2v) is 4.53. The summed E-state index contributed by atoms with van der Waals surface area (Å²) in [6.45, 7) is 10.5. The van der Waals surface area contributed by atoms with E-state index < -0.39 is 0 Å². The zero-order valence-corrected chi connectivity index (χ0v) is 10.6. The predicted molar refractivity (Wildman–Crippen MR) is 62.0 cm³/mol. The number of likely N-dealkylation sites (tertiary alicyclic amines) is 1. The van der Waals surface area contributed by atoms with Crippen LogP contribution in [0.4, 0.5) is 4.79 Å². The molecule has 0 saturated carbocycles. The topological polar surface area (TPSA) is 41.6 Å². The summed E-state index contributed by atoms with van der Waals surface area (Å²) in [7, 11) is 1.93. The van der Waals surface area contributed by atoms with Crippen LogP contribution in [0.3, 0.4) is 0 Å². The fourth-order valence-corrected chi connectivity index (χ4v) is 0.825. The molecular formula is C11H24N2O2. The Morgan fingerprint density at radius 3 is 2.07 bits per heavy atom. The minimum Gasteiger partial charge on any atom is -0.444 e. The van der Waals surface area contributed by atoms with Gasteiger partial charge in [-0.25, -0.2) is 4.79 Å². The summed E-state index contributed by atoms with van der Waals surface area (Å²) in [6, 6.07) is 0. The molecule has 0 aromatic rings. The average Bonchev–Trinajstić information content (AvgIpc) is 1.98. The predicted octanol–water partition coefficient (Wildman–Crippen LogP) is 1.85. The lowest BCUT2D eigenvalue weighted by Gasteiger charge is -2.32. The molecule has 1 rings (SSSR count). The highest BCUT2D eigenvalue weighted by molar-refractivity contribution is 5.68. The van der Waals surface area contributed by atoms with Crippen LogP contribution < -0.4 is 5.32 Å². The summed E-state index contributed by atoms with van der Waals surface area (Å²) < 4.78 is 5.13. The molecule has 0 radical (unpaired) electrons. The fourth-order valence-electron chi connectivity index (χ4n) is 0.825. The molecule has 1 aliphatic heterocycles. The highest BCUT2D eigenvalue weighted by atomic mass is 16.6. The van der Waals surface area contributed by atoms with Gasteiger partial charge in [0, 0.05) is 13.1 Å². The van der Waals surface area contributed by atoms with Crippen LogP contribution in [0.1, 0.15) is 34.1 Å². The molecule has 0 aromatic heterocycles. The van der Waals surface area contributed by atoms with Gasteiger partial charge in [0.05, 0.1) is 0 Å². The Kier molecular flexibility index (Phi) is 6.32. The van der Waals surface area contributed by atoms with Gasteiger partial charge in [-0.15, -0.1) is 0 Å². The quantitative estimate of drug-likeness (QED) is 0.727. The van der Waals surface area contributed by atoms with E-state index in [0.29, 0.717) is 0 Å². The maximum Gasteiger partial charge on any atom is 0.410 e. The van der Waals surface area contributed by atoms with Crippen molar-refractivity contribution in [3.05, 3.63) is 0 Å². The molecule has 1 aliphatic rings. The summed E-state index contributed by atoms with van der Waals surface area (Å²) >= 11 is 0. The first-order valence-electron chi connectivity index (χ1n) is 5.53. The Balaban J connectivity index is 0.000000423. The van der Waals surface area contributed by atoms with E-state index >= 15 is 0 Å². The van der Waals surface area contributed by atoms with Crippen LogP contribution in [0, 0.1) is 0 Å². The first kappa shape index (κ1) is 14.2. The molecule has 0 bridgehead atoms. The first-order valence-corrected chi connectivity index (χ1v) is 5.53. The number of carbonyl (C=O) groups excluding carboxylic acids is 1. The third-order valence-corrected chi connectivity index (χ3v) is 1.86. The maximum atomic E-state index is 11.1. The van der Waals surface area contributed by atoms with Crippen molar-refractivity contribution in [3.8, 4) is 0 Å². The molecule has 4 nitrogen and oxygen atoms in total. The zero-order valence-electron chi connectivity index (χ0n) is 10.6. The average molecular weight is 216 g/mol. The lowest BCUT2D eigenvalue weighted by molar-refractivity contribution is 0.0131. The summed E-state index contributed by atoms with van der Waals surface area (Å²) in [5.41, 5.74) is -0.354. The SMILES string of the molecule is CC(C)(C)OC(=O)N1CCC1.CCNC. The molecule has 1 saturated heterocycles. The maximum absolute atomic E-state index is 11.1. The summed E-state index contributed by atoms with van der Waals surface area (Å²) in [5.74, 6) is 0. The molecule has 1 N–H and O–H groups in total. The van der Waals surface area contributed by atoms with Crippen LogP contribution in [-0.2, 0) is 4.74 Å². The monoisotopic (exact) mass is 216 g/mol. The lowest BCUT2D eigenvalue weighted by atomic mass is 10.2. The Morgan fingerprint density at radius 1 is 1.40 bits per heavy atom. The van der Waals surface area contributed by atoms with Crippen molar-refractivity contribution >= 4 is 6.09 Å². The lowest BCUT2D eigenvalue weighted by Crippen LogP contribution is -2.44. The highest BCUT2D eigenvalue weighted by Gasteiger charge is 2.25. The van der Waals surface area contributed by atoms with Gasteiger partial charge in [0.15, 0.2) is 0 Å². The zero-order chi connectivity index (χ0) is 11.9. The van der Waals surface area contributed by atoms with E-state index in [2.05, 4.69) is 12.2 Å². The molecule has 0 unspecified atom stereocenters. The smallest absolute Gasteiger partial charge is 0.410 e. The molecular weight excluding hydrogens is 192 g/mol. The molecule has 1 amide bonds. The van der Waals surface area contributed by atoms with Gasteiger partial charge in [0.25, 0.3) is 0 Å². The van der Waals surface area contributed by atoms with E-state index in [4.69, 9.17) is 4.74 Å². The van der Waals surface area contributed by atoms with Crippen LogP contribution in [0.15, 0.2) is 0 Å². The number of amides is 1. The van der Waals surface area contributed by atoms with Crippen LogP contribution in [0.2, 0.25) is 0 Å². The summed E-state index contributed by atoms with van der Waals surface area (Å²) in [4.78, 5) is 12.9. The van der Waals surface area contributed by atoms with Crippen LogP contribution in [0.25, 0.3) is 0 Å². The second-order valence-electron chi connectivity index (χ2n) is 4.53. The highest BCUT2D eigenvalue weighted by Crippen LogP contribution is 2.13. The number of nitrogens with zero attached hydrogens (tertiary/aromatic N) is 1. The molecule has 90 valence electrons. The summed E-state index contributed by atoms with van der Waals surface area (Å²) in [5, 5.41) is 2.93. The van der Waals surface area contributed by atoms with Gasteiger partial charge in [-0.1, -0.05) is 6.92 Å². The number of hydrogen-bond donors (Lipinski definition) is 1. The molecule has 4 heteroatoms. The van der Waals surface area contributed by atoms with Crippen LogP contribution in [-0.4, -0.2) is 43.3 Å². The minimum atomic E-state index is -0.354. The Labute approximate surface area is 93.0 Å². The molecule has 1 heterocycles. The number of ether oxygens (including phenoxy) is 1. The molecule has 15 heavy (non-hydrogen) atoms. The fraction of sp³-hybridized carbons (Fsp3) is 0.909. The molecule has 0 atom stereocenters.